The number of rotatable bonds is 9. The van der Waals surface area contributed by atoms with Crippen LogP contribution < -0.4 is 10.6 Å². The number of aliphatic hydroxyl groups is 1. The van der Waals surface area contributed by atoms with Gasteiger partial charge in [-0.2, -0.15) is 0 Å². The Morgan fingerprint density at radius 2 is 1.02 bits per heavy atom. The Bertz CT molecular complexity index is 2790. The molecule has 10 rings (SSSR count). The summed E-state index contributed by atoms with van der Waals surface area (Å²) in [7, 11) is 0. The molecule has 6 fully saturated rings. The average molecular weight is 1230 g/mol. The first kappa shape index (κ1) is 66.1. The van der Waals surface area contributed by atoms with Crippen LogP contribution in [-0.2, 0) is 61.0 Å². The van der Waals surface area contributed by atoms with E-state index in [0.717, 1.165) is 88.2 Å². The summed E-state index contributed by atoms with van der Waals surface area (Å²) in [6.07, 6.45) is 20.7. The molecule has 6 amide bonds. The van der Waals surface area contributed by atoms with E-state index in [1.54, 1.807) is 19.6 Å². The van der Waals surface area contributed by atoms with Crippen molar-refractivity contribution in [2.45, 2.75) is 199 Å². The standard InChI is InChI=1S/C34H45N3O6.C32H43N3O5.CH2Cl2/c1-23-12-7-4-3-5-10-15-26-19-34(26,20-30(39)29-18-27(43-24(2)38)22-37(29)32(23)41)33(42)36-17-11-16-28(36)31(40)35-21-25-13-8-6-9-14-25;1-22-11-6-3-2-4-9-14-24-18-32(24,19-28(37)27-17-25(36)21-35(27)30(22)39)31(40)34-16-10-15-26(34)29(38)33-20-23-12-7-5-8-13-23;2-1-3/h6,8-10,13-15,23,26-29H,3-5,7,11-12,16-22H2,1-2H3,(H,35,40);5,7-9,12-14,22,24-27,36H,2-4,6,10-11,15-21H2,1H3,(H,33,38);1H2/b15-10-;14-9-;/t23-,26+,27+,28+,29-,34+;22-,24+,25+,26+,27-,32+;/m00./s1. The third-order valence-electron chi connectivity index (χ3n) is 19.1. The van der Waals surface area contributed by atoms with Crippen molar-refractivity contribution in [3.63, 3.8) is 0 Å². The van der Waals surface area contributed by atoms with Crippen molar-refractivity contribution in [1.82, 2.24) is 30.2 Å². The minimum Gasteiger partial charge on any atom is -0.461 e. The van der Waals surface area contributed by atoms with Crippen LogP contribution in [-0.4, -0.2) is 146 Å². The molecule has 2 aromatic rings. The molecule has 86 heavy (non-hydrogen) atoms. The molecule has 0 bridgehead atoms. The molecular formula is C67H90Cl2N6O11. The first-order chi connectivity index (χ1) is 41.4. The van der Waals surface area contributed by atoms with Gasteiger partial charge in [-0.05, 0) is 100 Å². The van der Waals surface area contributed by atoms with Crippen molar-refractivity contribution < 1.29 is 53.0 Å². The molecule has 6 heterocycles. The fourth-order valence-electron chi connectivity index (χ4n) is 14.2. The van der Waals surface area contributed by atoms with Crippen LogP contribution in [0.5, 0.6) is 0 Å². The van der Waals surface area contributed by atoms with Crippen LogP contribution in [0.15, 0.2) is 85.0 Å². The fraction of sp³-hybridized carbons (Fsp3) is 0.627. The molecule has 8 aliphatic rings. The first-order valence-corrected chi connectivity index (χ1v) is 32.7. The molecular weight excluding hydrogens is 1140 g/mol. The number of likely N-dealkylation sites (tertiary alicyclic amines) is 2. The van der Waals surface area contributed by atoms with Gasteiger partial charge in [-0.3, -0.25) is 43.2 Å². The zero-order valence-corrected chi connectivity index (χ0v) is 52.0. The quantitative estimate of drug-likeness (QED) is 0.122. The van der Waals surface area contributed by atoms with Crippen LogP contribution in [0.4, 0.5) is 0 Å². The van der Waals surface area contributed by atoms with Crippen molar-refractivity contribution >= 4 is 76.2 Å². The maximum absolute atomic E-state index is 14.3. The number of esters is 1. The van der Waals surface area contributed by atoms with Crippen molar-refractivity contribution in [3.8, 4) is 0 Å². The SMILES string of the molecule is CC(=O)O[C@@H]1C[C@H]2C(=O)C[C@]3(C(=O)N4CCC[C@@H]4C(=O)NCc4ccccc4)C[C@H]3/C=C\CCCCC[C@H](C)C(=O)N2C1.C[C@H]1CCCCC/C=C\[C@@H]2C[C@@]2(C(=O)N2CCC[C@@H]2C(=O)NCc2ccccc2)CC(=O)[C@@H]2C[C@@H](O)CN2C1=O.ClCCl. The highest BCUT2D eigenvalue weighted by Crippen LogP contribution is 2.60. The van der Waals surface area contributed by atoms with Gasteiger partial charge in [0.2, 0.25) is 35.4 Å². The first-order valence-electron chi connectivity index (χ1n) is 31.6. The van der Waals surface area contributed by atoms with Gasteiger partial charge in [-0.1, -0.05) is 124 Å². The van der Waals surface area contributed by atoms with Crippen LogP contribution in [0.25, 0.3) is 0 Å². The highest BCUT2D eigenvalue weighted by molar-refractivity contribution is 6.40. The number of alkyl halides is 2. The van der Waals surface area contributed by atoms with E-state index < -0.39 is 53.2 Å². The van der Waals surface area contributed by atoms with E-state index in [2.05, 4.69) is 34.9 Å². The third kappa shape index (κ3) is 16.4. The van der Waals surface area contributed by atoms with E-state index in [9.17, 15) is 48.3 Å². The minimum absolute atomic E-state index is 0.00527. The Balaban J connectivity index is 0.000000214. The number of fused-ring (bicyclic) bond motifs is 4. The summed E-state index contributed by atoms with van der Waals surface area (Å²) in [4.78, 5) is 128. The molecule has 19 heteroatoms. The van der Waals surface area contributed by atoms with Gasteiger partial charge in [-0.25, -0.2) is 0 Å². The lowest BCUT2D eigenvalue weighted by Gasteiger charge is -2.31. The maximum atomic E-state index is 14.3. The molecule has 468 valence electrons. The van der Waals surface area contributed by atoms with Crippen LogP contribution in [0, 0.1) is 34.5 Å². The monoisotopic (exact) mass is 1220 g/mol. The number of carbonyl (C=O) groups excluding carboxylic acids is 9. The molecule has 2 saturated carbocycles. The lowest BCUT2D eigenvalue weighted by Crippen LogP contribution is -2.50. The molecule has 0 aromatic heterocycles. The predicted molar refractivity (Wildman–Crippen MR) is 328 cm³/mol. The molecule has 17 nitrogen and oxygen atoms in total. The number of ketones is 2. The van der Waals surface area contributed by atoms with E-state index in [-0.39, 0.29) is 115 Å². The van der Waals surface area contributed by atoms with Crippen LogP contribution in [0.1, 0.15) is 160 Å². The van der Waals surface area contributed by atoms with Gasteiger partial charge in [0.05, 0.1) is 40.9 Å². The smallest absolute Gasteiger partial charge is 0.302 e. The summed E-state index contributed by atoms with van der Waals surface area (Å²) in [6, 6.07) is 16.8. The summed E-state index contributed by atoms with van der Waals surface area (Å²) in [6.45, 7) is 7.27. The molecule has 3 N–H and O–H groups in total. The van der Waals surface area contributed by atoms with Crippen molar-refractivity contribution in [2.75, 3.05) is 31.5 Å². The van der Waals surface area contributed by atoms with Gasteiger partial charge in [-0.15, -0.1) is 23.2 Å². The number of nitrogens with one attached hydrogen (secondary N) is 2. The zero-order chi connectivity index (χ0) is 61.5. The number of benzene rings is 2. The van der Waals surface area contributed by atoms with E-state index in [1.807, 2.05) is 74.5 Å². The van der Waals surface area contributed by atoms with Crippen LogP contribution >= 0.6 is 23.2 Å². The van der Waals surface area contributed by atoms with E-state index in [1.165, 1.54) is 6.92 Å². The van der Waals surface area contributed by atoms with Crippen molar-refractivity contribution in [1.29, 1.82) is 0 Å². The molecule has 6 aliphatic heterocycles. The highest BCUT2D eigenvalue weighted by Gasteiger charge is 2.64. The molecule has 2 aromatic carbocycles. The minimum atomic E-state index is -0.921. The second kappa shape index (κ2) is 30.8. The van der Waals surface area contributed by atoms with Crippen LogP contribution in [0.3, 0.4) is 0 Å². The normalized spacial score (nSPS) is 32.1. The number of amides is 6. The number of carbonyl (C=O) groups is 9. The van der Waals surface area contributed by atoms with E-state index in [4.69, 9.17) is 27.9 Å². The van der Waals surface area contributed by atoms with Gasteiger partial charge in [0.1, 0.15) is 18.2 Å². The van der Waals surface area contributed by atoms with Crippen molar-refractivity contribution in [2.24, 2.45) is 34.5 Å². The van der Waals surface area contributed by atoms with Crippen LogP contribution in [0.2, 0.25) is 0 Å². The Morgan fingerprint density at radius 1 is 0.593 bits per heavy atom. The second-order valence-corrected chi connectivity index (χ2v) is 26.2. The molecule has 12 atom stereocenters. The zero-order valence-electron chi connectivity index (χ0n) is 50.5. The summed E-state index contributed by atoms with van der Waals surface area (Å²) in [5, 5.41) is 16.6. The summed E-state index contributed by atoms with van der Waals surface area (Å²) < 4.78 is 5.46. The number of aliphatic hydroxyl groups excluding tert-OH is 1. The average Bonchev–Trinajstić information content (AvgIpc) is 1.67. The molecule has 0 radical (unpaired) electrons. The summed E-state index contributed by atoms with van der Waals surface area (Å²) in [5.41, 5.74) is 0.180. The topological polar surface area (TPSA) is 220 Å². The third-order valence-corrected chi connectivity index (χ3v) is 19.1. The Kier molecular flexibility index (Phi) is 23.7. The van der Waals surface area contributed by atoms with Crippen molar-refractivity contribution in [3.05, 3.63) is 96.1 Å². The number of allylic oxidation sites excluding steroid dienone is 4. The predicted octanol–water partition coefficient (Wildman–Crippen LogP) is 8.75. The lowest BCUT2D eigenvalue weighted by molar-refractivity contribution is -0.147. The Morgan fingerprint density at radius 3 is 1.47 bits per heavy atom. The molecule has 0 unspecified atom stereocenters. The number of ether oxygens (including phenoxy) is 1. The van der Waals surface area contributed by atoms with Gasteiger partial charge < -0.3 is 40.1 Å². The van der Waals surface area contributed by atoms with E-state index in [0.29, 0.717) is 51.9 Å². The Labute approximate surface area is 517 Å². The maximum Gasteiger partial charge on any atom is 0.302 e. The lowest BCUT2D eigenvalue weighted by atomic mass is 9.90. The van der Waals surface area contributed by atoms with Gasteiger partial charge in [0, 0.05) is 77.2 Å². The molecule has 0 spiro atoms. The second-order valence-electron chi connectivity index (χ2n) is 25.3. The summed E-state index contributed by atoms with van der Waals surface area (Å²) >= 11 is 9.53. The molecule has 2 aliphatic carbocycles. The number of nitrogens with zero attached hydrogens (tertiary/aromatic N) is 4. The number of halogens is 2. The molecule has 4 saturated heterocycles. The number of Topliss-reactive ketones (excluding diaryl/α,β-unsaturated/α-hetero) is 2. The Hall–Kier alpha value is -5.91. The largest absolute Gasteiger partial charge is 0.461 e. The number of hydrogen-bond acceptors (Lipinski definition) is 11. The van der Waals surface area contributed by atoms with Gasteiger partial charge >= 0.3 is 5.97 Å². The highest BCUT2D eigenvalue weighted by atomic mass is 35.5. The summed E-state index contributed by atoms with van der Waals surface area (Å²) in [5.74, 6) is -2.12. The fourth-order valence-corrected chi connectivity index (χ4v) is 14.2. The van der Waals surface area contributed by atoms with Gasteiger partial charge in [0.15, 0.2) is 11.6 Å². The van der Waals surface area contributed by atoms with E-state index >= 15 is 0 Å². The number of hydrogen-bond donors (Lipinski definition) is 3. The van der Waals surface area contributed by atoms with Gasteiger partial charge in [0.25, 0.3) is 0 Å².